The van der Waals surface area contributed by atoms with Crippen LogP contribution in [0.3, 0.4) is 0 Å². The van der Waals surface area contributed by atoms with E-state index in [0.29, 0.717) is 0 Å². The number of nitrogens with one attached hydrogen (secondary N) is 1. The summed E-state index contributed by atoms with van der Waals surface area (Å²) in [6, 6.07) is 12.6. The van der Waals surface area contributed by atoms with Gasteiger partial charge in [-0.3, -0.25) is 0 Å². The molecular weight excluding hydrogens is 307 g/mol. The molecule has 0 radical (unpaired) electrons. The zero-order valence-corrected chi connectivity index (χ0v) is 14.2. The lowest BCUT2D eigenvalue weighted by Crippen LogP contribution is -3.00. The Morgan fingerprint density at radius 3 is 2.43 bits per heavy atom. The minimum atomic E-state index is 0. The van der Waals surface area contributed by atoms with Crippen molar-refractivity contribution in [3.05, 3.63) is 42.0 Å². The van der Waals surface area contributed by atoms with E-state index in [4.69, 9.17) is 4.74 Å². The van der Waals surface area contributed by atoms with Gasteiger partial charge < -0.3 is 39.8 Å². The van der Waals surface area contributed by atoms with Crippen molar-refractivity contribution in [1.29, 1.82) is 0 Å². The molecule has 0 bridgehead atoms. The van der Waals surface area contributed by atoms with Crippen molar-refractivity contribution in [2.24, 2.45) is 0 Å². The normalized spacial score (nSPS) is 10.1. The standard InChI is InChI=1S/C16H22N2O.2ClH/c1-18(2)11-10-17-12-15-14-7-5-4-6-13(14)8-9-16(15)19-3;;/h4-9,17H,10-12H2,1-3H3;2*1H/p-2. The summed E-state index contributed by atoms with van der Waals surface area (Å²) in [5, 5.41) is 6.00. The van der Waals surface area contributed by atoms with E-state index in [1.54, 1.807) is 7.11 Å². The molecule has 2 aromatic carbocycles. The molecule has 0 aliphatic heterocycles. The summed E-state index contributed by atoms with van der Waals surface area (Å²) < 4.78 is 5.48. The van der Waals surface area contributed by atoms with Gasteiger partial charge in [-0.2, -0.15) is 0 Å². The molecule has 3 nitrogen and oxygen atoms in total. The van der Waals surface area contributed by atoms with Crippen molar-refractivity contribution in [3.8, 4) is 5.75 Å². The molecule has 5 heteroatoms. The number of benzene rings is 2. The van der Waals surface area contributed by atoms with E-state index < -0.39 is 0 Å². The third-order valence-corrected chi connectivity index (χ3v) is 3.26. The molecule has 0 spiro atoms. The highest BCUT2D eigenvalue weighted by Crippen LogP contribution is 2.27. The van der Waals surface area contributed by atoms with E-state index in [9.17, 15) is 0 Å². The summed E-state index contributed by atoms with van der Waals surface area (Å²) in [6.45, 7) is 2.84. The Morgan fingerprint density at radius 2 is 1.76 bits per heavy atom. The van der Waals surface area contributed by atoms with Crippen molar-refractivity contribution in [2.75, 3.05) is 34.3 Å². The van der Waals surface area contributed by atoms with Crippen LogP contribution in [0.4, 0.5) is 0 Å². The number of hydrogen-bond donors (Lipinski definition) is 1. The Bertz CT molecular complexity index is 547. The first-order chi connectivity index (χ1) is 9.22. The Kier molecular flexibility index (Phi) is 9.38. The van der Waals surface area contributed by atoms with E-state index >= 15 is 0 Å². The van der Waals surface area contributed by atoms with Gasteiger partial charge in [-0.25, -0.2) is 0 Å². The average Bonchev–Trinajstić information content (AvgIpc) is 2.43. The second-order valence-electron chi connectivity index (χ2n) is 4.95. The van der Waals surface area contributed by atoms with Crippen LogP contribution >= 0.6 is 0 Å². The fraction of sp³-hybridized carbons (Fsp3) is 0.375. The van der Waals surface area contributed by atoms with Gasteiger partial charge in [0.1, 0.15) is 5.75 Å². The van der Waals surface area contributed by atoms with E-state index in [1.165, 1.54) is 16.3 Å². The van der Waals surface area contributed by atoms with Gasteiger partial charge in [0.15, 0.2) is 0 Å². The number of nitrogens with zero attached hydrogens (tertiary/aromatic N) is 1. The molecular formula is C16H22Cl2N2O-2. The second kappa shape index (κ2) is 9.85. The first-order valence-corrected chi connectivity index (χ1v) is 6.62. The van der Waals surface area contributed by atoms with Gasteiger partial charge in [-0.15, -0.1) is 0 Å². The highest BCUT2D eigenvalue weighted by Gasteiger charge is 2.07. The van der Waals surface area contributed by atoms with E-state index in [1.807, 2.05) is 6.07 Å². The summed E-state index contributed by atoms with van der Waals surface area (Å²) in [5.74, 6) is 0.955. The van der Waals surface area contributed by atoms with Crippen molar-refractivity contribution in [1.82, 2.24) is 10.2 Å². The third kappa shape index (κ3) is 5.36. The molecule has 0 atom stereocenters. The second-order valence-corrected chi connectivity index (χ2v) is 4.95. The van der Waals surface area contributed by atoms with Crippen molar-refractivity contribution < 1.29 is 29.6 Å². The van der Waals surface area contributed by atoms with Crippen LogP contribution in [0.15, 0.2) is 36.4 Å². The molecule has 2 rings (SSSR count). The van der Waals surface area contributed by atoms with Crippen LogP contribution in [0.2, 0.25) is 0 Å². The number of fused-ring (bicyclic) bond motifs is 1. The highest BCUT2D eigenvalue weighted by molar-refractivity contribution is 5.87. The number of ether oxygens (including phenoxy) is 1. The molecule has 21 heavy (non-hydrogen) atoms. The molecule has 118 valence electrons. The minimum Gasteiger partial charge on any atom is -1.00 e. The summed E-state index contributed by atoms with van der Waals surface area (Å²) in [6.07, 6.45) is 0. The van der Waals surface area contributed by atoms with Crippen LogP contribution in [-0.4, -0.2) is 39.2 Å². The smallest absolute Gasteiger partial charge is 0.123 e. The maximum atomic E-state index is 5.48. The fourth-order valence-electron chi connectivity index (χ4n) is 2.21. The number of likely N-dealkylation sites (N-methyl/N-ethyl adjacent to an activating group) is 1. The summed E-state index contributed by atoms with van der Waals surface area (Å²) in [5.41, 5.74) is 1.24. The first-order valence-electron chi connectivity index (χ1n) is 6.62. The molecule has 0 amide bonds. The molecule has 0 heterocycles. The predicted molar refractivity (Wildman–Crippen MR) is 80.8 cm³/mol. The maximum absolute atomic E-state index is 5.48. The van der Waals surface area contributed by atoms with Crippen molar-refractivity contribution in [3.63, 3.8) is 0 Å². The molecule has 0 saturated heterocycles. The number of rotatable bonds is 6. The molecule has 2 aromatic rings. The number of halogens is 2. The molecule has 0 aromatic heterocycles. The van der Waals surface area contributed by atoms with Gasteiger partial charge in [0, 0.05) is 25.2 Å². The van der Waals surface area contributed by atoms with Gasteiger partial charge >= 0.3 is 0 Å². The summed E-state index contributed by atoms with van der Waals surface area (Å²) in [7, 11) is 5.90. The van der Waals surface area contributed by atoms with Crippen LogP contribution in [0, 0.1) is 0 Å². The lowest BCUT2D eigenvalue weighted by Gasteiger charge is -2.14. The lowest BCUT2D eigenvalue weighted by atomic mass is 10.0. The molecule has 0 aliphatic rings. The lowest BCUT2D eigenvalue weighted by molar-refractivity contribution is -0.00100. The largest absolute Gasteiger partial charge is 1.00 e. The van der Waals surface area contributed by atoms with Gasteiger partial charge in [0.25, 0.3) is 0 Å². The van der Waals surface area contributed by atoms with Crippen molar-refractivity contribution >= 4 is 10.8 Å². The topological polar surface area (TPSA) is 24.5 Å². The van der Waals surface area contributed by atoms with E-state index in [0.717, 1.165) is 25.4 Å². The number of methoxy groups -OCH3 is 1. The predicted octanol–water partition coefficient (Wildman–Crippen LogP) is -3.49. The van der Waals surface area contributed by atoms with Crippen LogP contribution in [0.1, 0.15) is 5.56 Å². The summed E-state index contributed by atoms with van der Waals surface area (Å²) >= 11 is 0. The highest BCUT2D eigenvalue weighted by atomic mass is 35.5. The van der Waals surface area contributed by atoms with Gasteiger partial charge in [0.2, 0.25) is 0 Å². The van der Waals surface area contributed by atoms with Gasteiger partial charge in [-0.1, -0.05) is 30.3 Å². The number of hydrogen-bond acceptors (Lipinski definition) is 3. The van der Waals surface area contributed by atoms with E-state index in [-0.39, 0.29) is 24.8 Å². The fourth-order valence-corrected chi connectivity index (χ4v) is 2.21. The van der Waals surface area contributed by atoms with Crippen molar-refractivity contribution in [2.45, 2.75) is 6.54 Å². The Hall–Kier alpha value is -1.00. The molecule has 0 fully saturated rings. The minimum absolute atomic E-state index is 0. The zero-order valence-electron chi connectivity index (χ0n) is 12.7. The first kappa shape index (κ1) is 20.0. The van der Waals surface area contributed by atoms with Gasteiger partial charge in [-0.05, 0) is 30.9 Å². The van der Waals surface area contributed by atoms with Crippen LogP contribution in [0.5, 0.6) is 5.75 Å². The monoisotopic (exact) mass is 328 g/mol. The van der Waals surface area contributed by atoms with Crippen LogP contribution < -0.4 is 34.9 Å². The Morgan fingerprint density at radius 1 is 1.05 bits per heavy atom. The Balaban J connectivity index is 0.00000200. The van der Waals surface area contributed by atoms with Gasteiger partial charge in [0.05, 0.1) is 7.11 Å². The quantitative estimate of drug-likeness (QED) is 0.557. The molecule has 1 N–H and O–H groups in total. The molecule has 0 aliphatic carbocycles. The van der Waals surface area contributed by atoms with Crippen LogP contribution in [0.25, 0.3) is 10.8 Å². The summed E-state index contributed by atoms with van der Waals surface area (Å²) in [4.78, 5) is 2.17. The third-order valence-electron chi connectivity index (χ3n) is 3.26. The van der Waals surface area contributed by atoms with E-state index in [2.05, 4.69) is 54.6 Å². The average molecular weight is 329 g/mol. The maximum Gasteiger partial charge on any atom is 0.123 e. The molecule has 0 saturated carbocycles. The Labute approximate surface area is 139 Å². The molecule has 0 unspecified atom stereocenters. The zero-order chi connectivity index (χ0) is 13.7. The van der Waals surface area contributed by atoms with Crippen LogP contribution in [-0.2, 0) is 6.54 Å². The SMILES string of the molecule is COc1ccc2ccccc2c1CNCCN(C)C.[Cl-].[Cl-].